The molecule has 7 nitrogen and oxygen atoms in total. The Morgan fingerprint density at radius 2 is 2.04 bits per heavy atom. The summed E-state index contributed by atoms with van der Waals surface area (Å²) in [5.74, 6) is 1.32. The second kappa shape index (κ2) is 8.20. The highest BCUT2D eigenvalue weighted by Crippen LogP contribution is 2.21. The van der Waals surface area contributed by atoms with Crippen LogP contribution in [0.4, 0.5) is 10.9 Å². The molecule has 0 fully saturated rings. The Bertz CT molecular complexity index is 821. The van der Waals surface area contributed by atoms with E-state index in [1.807, 2.05) is 24.3 Å². The Hall–Kier alpha value is -3.00. The quantitative estimate of drug-likeness (QED) is 0.677. The van der Waals surface area contributed by atoms with E-state index in [9.17, 15) is 4.79 Å². The number of hydrogen-bond donors (Lipinski definition) is 2. The molecule has 8 heteroatoms. The summed E-state index contributed by atoms with van der Waals surface area (Å²) < 4.78 is 5.13. The minimum Gasteiger partial charge on any atom is -0.497 e. The lowest BCUT2D eigenvalue weighted by Gasteiger charge is -2.05. The molecule has 3 rings (SSSR count). The van der Waals surface area contributed by atoms with Crippen LogP contribution >= 0.6 is 11.3 Å². The normalized spacial score (nSPS) is 10.3. The predicted molar refractivity (Wildman–Crippen MR) is 96.5 cm³/mol. The van der Waals surface area contributed by atoms with Gasteiger partial charge in [0.15, 0.2) is 5.13 Å². The molecule has 2 heterocycles. The fraction of sp³-hybridized carbons (Fsp3) is 0.176. The summed E-state index contributed by atoms with van der Waals surface area (Å²) in [5.41, 5.74) is 1.14. The number of carbonyl (C=O) groups excluding carboxylic acids is 1. The maximum absolute atomic E-state index is 12.2. The van der Waals surface area contributed by atoms with Gasteiger partial charge in [0, 0.05) is 12.7 Å². The minimum atomic E-state index is -0.137. The van der Waals surface area contributed by atoms with Gasteiger partial charge in [-0.3, -0.25) is 4.79 Å². The molecule has 0 atom stereocenters. The van der Waals surface area contributed by atoms with Crippen LogP contribution in [-0.4, -0.2) is 34.5 Å². The molecule has 0 saturated carbocycles. The summed E-state index contributed by atoms with van der Waals surface area (Å²) in [5, 5.41) is 6.55. The number of aromatic nitrogens is 3. The molecule has 0 unspecified atom stereocenters. The number of rotatable bonds is 7. The van der Waals surface area contributed by atoms with Crippen LogP contribution in [0.2, 0.25) is 0 Å². The largest absolute Gasteiger partial charge is 0.497 e. The van der Waals surface area contributed by atoms with Gasteiger partial charge >= 0.3 is 0 Å². The number of thiazole rings is 1. The van der Waals surface area contributed by atoms with Crippen LogP contribution in [-0.2, 0) is 6.42 Å². The van der Waals surface area contributed by atoms with Gasteiger partial charge in [-0.2, -0.15) is 0 Å². The molecule has 3 aromatic rings. The zero-order valence-electron chi connectivity index (χ0n) is 13.6. The van der Waals surface area contributed by atoms with E-state index >= 15 is 0 Å². The highest BCUT2D eigenvalue weighted by Gasteiger charge is 2.10. The van der Waals surface area contributed by atoms with Gasteiger partial charge in [0.2, 0.25) is 0 Å². The number of hydrogen-bond acceptors (Lipinski definition) is 7. The first-order valence-electron chi connectivity index (χ1n) is 7.64. The van der Waals surface area contributed by atoms with Crippen molar-refractivity contribution in [3.8, 4) is 5.75 Å². The lowest BCUT2D eigenvalue weighted by Crippen LogP contribution is -2.24. The molecule has 2 N–H and O–H groups in total. The third kappa shape index (κ3) is 4.74. The first-order valence-corrected chi connectivity index (χ1v) is 8.46. The number of nitrogens with zero attached hydrogens (tertiary/aromatic N) is 3. The molecule has 1 amide bonds. The van der Waals surface area contributed by atoms with E-state index in [-0.39, 0.29) is 5.91 Å². The second-order valence-corrected chi connectivity index (χ2v) is 6.13. The molecule has 128 valence electrons. The van der Waals surface area contributed by atoms with Gasteiger partial charge in [0.05, 0.1) is 13.3 Å². The first kappa shape index (κ1) is 16.8. The predicted octanol–water partition coefficient (Wildman–Crippen LogP) is 2.66. The van der Waals surface area contributed by atoms with E-state index in [2.05, 4.69) is 25.6 Å². The van der Waals surface area contributed by atoms with Gasteiger partial charge in [-0.25, -0.2) is 15.0 Å². The lowest BCUT2D eigenvalue weighted by atomic mass is 10.1. The SMILES string of the molecule is COc1ccc(CCNC(=O)c2cnc(Nc3ccncn3)s2)cc1. The Morgan fingerprint density at radius 1 is 1.20 bits per heavy atom. The maximum atomic E-state index is 12.2. The van der Waals surface area contributed by atoms with Crippen LogP contribution in [0.25, 0.3) is 0 Å². The van der Waals surface area contributed by atoms with Gasteiger partial charge in [0.1, 0.15) is 22.8 Å². The van der Waals surface area contributed by atoms with Crippen molar-refractivity contribution in [3.63, 3.8) is 0 Å². The maximum Gasteiger partial charge on any atom is 0.263 e. The van der Waals surface area contributed by atoms with E-state index in [1.54, 1.807) is 25.6 Å². The van der Waals surface area contributed by atoms with Crippen LogP contribution in [0, 0.1) is 0 Å². The zero-order chi connectivity index (χ0) is 17.5. The summed E-state index contributed by atoms with van der Waals surface area (Å²) in [6.07, 6.45) is 5.38. The fourth-order valence-corrected chi connectivity index (χ4v) is 2.85. The Kier molecular flexibility index (Phi) is 5.53. The molecule has 0 aliphatic heterocycles. The summed E-state index contributed by atoms with van der Waals surface area (Å²) in [6, 6.07) is 9.52. The summed E-state index contributed by atoms with van der Waals surface area (Å²) in [7, 11) is 1.64. The van der Waals surface area contributed by atoms with E-state index in [0.717, 1.165) is 17.7 Å². The van der Waals surface area contributed by atoms with Gasteiger partial charge in [-0.05, 0) is 30.2 Å². The third-order valence-electron chi connectivity index (χ3n) is 3.40. The van der Waals surface area contributed by atoms with Gasteiger partial charge in [-0.15, -0.1) is 0 Å². The van der Waals surface area contributed by atoms with Crippen molar-refractivity contribution in [1.82, 2.24) is 20.3 Å². The molecule has 25 heavy (non-hydrogen) atoms. The van der Waals surface area contributed by atoms with Crippen molar-refractivity contribution in [3.05, 3.63) is 59.5 Å². The third-order valence-corrected chi connectivity index (χ3v) is 4.32. The summed E-state index contributed by atoms with van der Waals surface area (Å²) in [6.45, 7) is 0.553. The fourth-order valence-electron chi connectivity index (χ4n) is 2.11. The van der Waals surface area contributed by atoms with Crippen molar-refractivity contribution in [2.24, 2.45) is 0 Å². The van der Waals surface area contributed by atoms with Crippen molar-refractivity contribution in [2.45, 2.75) is 6.42 Å². The Morgan fingerprint density at radius 3 is 2.76 bits per heavy atom. The van der Waals surface area contributed by atoms with Crippen LogP contribution in [0.5, 0.6) is 5.75 Å². The molecule has 0 spiro atoms. The highest BCUT2D eigenvalue weighted by atomic mass is 32.1. The number of amides is 1. The molecular formula is C17H17N5O2S. The summed E-state index contributed by atoms with van der Waals surface area (Å²) in [4.78, 5) is 24.8. The number of nitrogens with one attached hydrogen (secondary N) is 2. The number of ether oxygens (including phenoxy) is 1. The molecule has 0 aliphatic carbocycles. The van der Waals surface area contributed by atoms with Crippen LogP contribution in [0.15, 0.2) is 49.1 Å². The Labute approximate surface area is 149 Å². The molecular weight excluding hydrogens is 338 g/mol. The smallest absolute Gasteiger partial charge is 0.263 e. The zero-order valence-corrected chi connectivity index (χ0v) is 14.4. The van der Waals surface area contributed by atoms with E-state index in [0.29, 0.717) is 22.4 Å². The van der Waals surface area contributed by atoms with Gasteiger partial charge in [0.25, 0.3) is 5.91 Å². The van der Waals surface area contributed by atoms with Crippen molar-refractivity contribution in [1.29, 1.82) is 0 Å². The number of anilines is 2. The molecule has 1 aromatic carbocycles. The van der Waals surface area contributed by atoms with Crippen LogP contribution in [0.1, 0.15) is 15.2 Å². The van der Waals surface area contributed by atoms with Crippen LogP contribution in [0.3, 0.4) is 0 Å². The molecule has 0 saturated heterocycles. The topological polar surface area (TPSA) is 89.0 Å². The number of methoxy groups -OCH3 is 1. The first-order chi connectivity index (χ1) is 12.2. The second-order valence-electron chi connectivity index (χ2n) is 5.10. The molecule has 0 bridgehead atoms. The highest BCUT2D eigenvalue weighted by molar-refractivity contribution is 7.17. The van der Waals surface area contributed by atoms with E-state index in [4.69, 9.17) is 4.74 Å². The lowest BCUT2D eigenvalue weighted by molar-refractivity contribution is 0.0958. The minimum absolute atomic E-state index is 0.137. The molecule has 0 aliphatic rings. The number of benzene rings is 1. The van der Waals surface area contributed by atoms with Crippen LogP contribution < -0.4 is 15.4 Å². The van der Waals surface area contributed by atoms with Crippen molar-refractivity contribution >= 4 is 28.2 Å². The average molecular weight is 355 g/mol. The average Bonchev–Trinajstić information content (AvgIpc) is 3.12. The van der Waals surface area contributed by atoms with E-state index < -0.39 is 0 Å². The van der Waals surface area contributed by atoms with Crippen molar-refractivity contribution in [2.75, 3.05) is 19.0 Å². The van der Waals surface area contributed by atoms with Gasteiger partial charge < -0.3 is 15.4 Å². The van der Waals surface area contributed by atoms with E-state index in [1.165, 1.54) is 17.7 Å². The molecule has 2 aromatic heterocycles. The molecule has 0 radical (unpaired) electrons. The number of carbonyl (C=O) groups is 1. The Balaban J connectivity index is 1.49. The monoisotopic (exact) mass is 355 g/mol. The van der Waals surface area contributed by atoms with Gasteiger partial charge in [-0.1, -0.05) is 23.5 Å². The summed E-state index contributed by atoms with van der Waals surface area (Å²) >= 11 is 1.28. The van der Waals surface area contributed by atoms with Crippen molar-refractivity contribution < 1.29 is 9.53 Å². The standard InChI is InChI=1S/C17H17N5O2S/c1-24-13-4-2-12(3-5-13)6-9-19-16(23)14-10-20-17(25-14)22-15-7-8-18-11-21-15/h2-5,7-8,10-11H,6,9H2,1H3,(H,19,23)(H,18,20,21,22).